The van der Waals surface area contributed by atoms with Crippen LogP contribution >= 0.6 is 9.24 Å². The maximum atomic E-state index is 14.7. The number of carbonyl (C=O) groups excluding carboxylic acids is 1. The predicted molar refractivity (Wildman–Crippen MR) is 114 cm³/mol. The van der Waals surface area contributed by atoms with Gasteiger partial charge in [-0.2, -0.15) is 0 Å². The Labute approximate surface area is 176 Å². The van der Waals surface area contributed by atoms with E-state index in [1.165, 1.54) is 24.1 Å². The molecule has 1 aromatic carbocycles. The molecular weight excluding hydrogens is 411 g/mol. The maximum Gasteiger partial charge on any atom is 0.228 e. The SMILES string of the molecule is COc1cc(F)c([C@H]2CC(=O)N(c3nc(NCC4CCOC4)ccc3F)C2)c(P)c1. The number of amides is 1. The average Bonchev–Trinajstić information content (AvgIpc) is 3.36. The summed E-state index contributed by atoms with van der Waals surface area (Å²) in [7, 11) is 3.95. The van der Waals surface area contributed by atoms with Crippen LogP contribution in [0.5, 0.6) is 5.75 Å². The van der Waals surface area contributed by atoms with Crippen LogP contribution in [0.15, 0.2) is 24.3 Å². The van der Waals surface area contributed by atoms with Crippen molar-refractivity contribution in [1.29, 1.82) is 0 Å². The van der Waals surface area contributed by atoms with Gasteiger partial charge in [-0.15, -0.1) is 9.24 Å². The van der Waals surface area contributed by atoms with Gasteiger partial charge in [0, 0.05) is 49.6 Å². The molecule has 3 atom stereocenters. The van der Waals surface area contributed by atoms with Crippen LogP contribution in [0.4, 0.5) is 20.4 Å². The highest BCUT2D eigenvalue weighted by Crippen LogP contribution is 2.34. The molecule has 1 aromatic heterocycles. The Morgan fingerprint density at radius 2 is 2.17 bits per heavy atom. The number of carbonyl (C=O) groups is 1. The molecule has 0 aliphatic carbocycles. The van der Waals surface area contributed by atoms with E-state index in [0.29, 0.717) is 41.5 Å². The number of hydrogen-bond donors (Lipinski definition) is 1. The Kier molecular flexibility index (Phi) is 6.16. The quantitative estimate of drug-likeness (QED) is 0.707. The van der Waals surface area contributed by atoms with Crippen molar-refractivity contribution in [3.8, 4) is 5.75 Å². The summed E-state index contributed by atoms with van der Waals surface area (Å²) in [4.78, 5) is 18.3. The van der Waals surface area contributed by atoms with Gasteiger partial charge in [0.2, 0.25) is 5.91 Å². The molecule has 3 heterocycles. The number of nitrogens with one attached hydrogen (secondary N) is 1. The zero-order chi connectivity index (χ0) is 21.3. The van der Waals surface area contributed by atoms with Crippen molar-refractivity contribution in [1.82, 2.24) is 4.98 Å². The first-order valence-electron chi connectivity index (χ1n) is 9.87. The molecule has 0 spiro atoms. The van der Waals surface area contributed by atoms with Gasteiger partial charge in [0.1, 0.15) is 17.4 Å². The van der Waals surface area contributed by atoms with Crippen molar-refractivity contribution >= 4 is 32.1 Å². The minimum atomic E-state index is -0.583. The fourth-order valence-electron chi connectivity index (χ4n) is 3.98. The smallest absolute Gasteiger partial charge is 0.228 e. The van der Waals surface area contributed by atoms with Gasteiger partial charge < -0.3 is 14.8 Å². The summed E-state index contributed by atoms with van der Waals surface area (Å²) in [5.74, 6) is -0.456. The van der Waals surface area contributed by atoms with Gasteiger partial charge in [-0.1, -0.05) is 0 Å². The number of methoxy groups -OCH3 is 1. The maximum absolute atomic E-state index is 14.7. The van der Waals surface area contributed by atoms with E-state index in [0.717, 1.165) is 13.0 Å². The van der Waals surface area contributed by atoms with Gasteiger partial charge >= 0.3 is 0 Å². The van der Waals surface area contributed by atoms with Gasteiger partial charge in [0.15, 0.2) is 11.6 Å². The predicted octanol–water partition coefficient (Wildman–Crippen LogP) is 2.84. The van der Waals surface area contributed by atoms with Crippen molar-refractivity contribution in [3.05, 3.63) is 41.5 Å². The third-order valence-corrected chi connectivity index (χ3v) is 6.06. The molecule has 1 N–H and O–H groups in total. The van der Waals surface area contributed by atoms with Gasteiger partial charge in [0.05, 0.1) is 13.7 Å². The lowest BCUT2D eigenvalue weighted by molar-refractivity contribution is -0.117. The summed E-state index contributed by atoms with van der Waals surface area (Å²) in [6.07, 6.45) is 1.06. The first-order valence-corrected chi connectivity index (χ1v) is 10.5. The number of pyridine rings is 1. The average molecular weight is 435 g/mol. The highest BCUT2D eigenvalue weighted by Gasteiger charge is 2.36. The Morgan fingerprint density at radius 3 is 2.87 bits per heavy atom. The first kappa shape index (κ1) is 20.9. The first-order chi connectivity index (χ1) is 14.5. The van der Waals surface area contributed by atoms with Gasteiger partial charge in [-0.3, -0.25) is 9.69 Å². The molecule has 6 nitrogen and oxygen atoms in total. The molecule has 4 rings (SSSR count). The van der Waals surface area contributed by atoms with Crippen LogP contribution in [0, 0.1) is 17.6 Å². The molecule has 160 valence electrons. The van der Waals surface area contributed by atoms with Gasteiger partial charge in [0.25, 0.3) is 0 Å². The fourth-order valence-corrected chi connectivity index (χ4v) is 4.52. The topological polar surface area (TPSA) is 63.7 Å². The molecule has 2 saturated heterocycles. The zero-order valence-corrected chi connectivity index (χ0v) is 17.8. The number of ether oxygens (including phenoxy) is 2. The molecule has 0 radical (unpaired) electrons. The molecule has 1 amide bonds. The third kappa shape index (κ3) is 4.25. The number of hydrogen-bond acceptors (Lipinski definition) is 5. The molecule has 2 unspecified atom stereocenters. The van der Waals surface area contributed by atoms with Gasteiger partial charge in [-0.25, -0.2) is 13.8 Å². The Balaban J connectivity index is 1.53. The summed E-state index contributed by atoms with van der Waals surface area (Å²) < 4.78 is 39.6. The summed E-state index contributed by atoms with van der Waals surface area (Å²) in [6, 6.07) is 5.85. The summed E-state index contributed by atoms with van der Waals surface area (Å²) in [5.41, 5.74) is 0.424. The van der Waals surface area contributed by atoms with E-state index in [9.17, 15) is 13.6 Å². The van der Waals surface area contributed by atoms with Crippen LogP contribution in [-0.4, -0.2) is 44.3 Å². The molecule has 30 heavy (non-hydrogen) atoms. The number of benzene rings is 1. The van der Waals surface area contributed by atoms with Crippen molar-refractivity contribution in [2.45, 2.75) is 18.8 Å². The van der Waals surface area contributed by atoms with E-state index in [-0.39, 0.29) is 24.7 Å². The highest BCUT2D eigenvalue weighted by molar-refractivity contribution is 7.27. The number of anilines is 2. The molecule has 2 aromatic rings. The molecule has 2 aliphatic rings. The van der Waals surface area contributed by atoms with E-state index in [1.807, 2.05) is 0 Å². The van der Waals surface area contributed by atoms with E-state index in [2.05, 4.69) is 19.5 Å². The minimum absolute atomic E-state index is 0.0330. The molecule has 2 fully saturated rings. The summed E-state index contributed by atoms with van der Waals surface area (Å²) in [5, 5.41) is 3.81. The number of aromatic nitrogens is 1. The summed E-state index contributed by atoms with van der Waals surface area (Å²) >= 11 is 0. The number of nitrogens with zero attached hydrogens (tertiary/aromatic N) is 2. The third-order valence-electron chi connectivity index (χ3n) is 5.58. The lowest BCUT2D eigenvalue weighted by Gasteiger charge is -2.19. The Morgan fingerprint density at radius 1 is 1.33 bits per heavy atom. The van der Waals surface area contributed by atoms with Crippen molar-refractivity contribution < 1.29 is 23.0 Å². The van der Waals surface area contributed by atoms with Crippen LogP contribution in [0.2, 0.25) is 0 Å². The second kappa shape index (κ2) is 8.82. The van der Waals surface area contributed by atoms with E-state index < -0.39 is 17.6 Å². The van der Waals surface area contributed by atoms with E-state index >= 15 is 0 Å². The van der Waals surface area contributed by atoms with Crippen LogP contribution < -0.4 is 20.3 Å². The zero-order valence-electron chi connectivity index (χ0n) is 16.7. The normalized spacial score (nSPS) is 21.3. The Hall–Kier alpha value is -2.31. The number of halogens is 2. The second-order valence-corrected chi connectivity index (χ2v) is 8.25. The van der Waals surface area contributed by atoms with Crippen LogP contribution in [-0.2, 0) is 9.53 Å². The van der Waals surface area contributed by atoms with E-state index in [4.69, 9.17) is 9.47 Å². The van der Waals surface area contributed by atoms with Crippen molar-refractivity contribution in [2.75, 3.05) is 43.6 Å². The standard InChI is InChI=1S/C21H24F2N3O3P/c1-28-14-7-16(23)20(17(30)8-14)13-6-19(27)26(10-13)21-15(22)2-3-18(25-21)24-9-12-4-5-29-11-12/h2-3,7-8,12-13H,4-6,9-11,30H2,1H3,(H,24,25)/t12?,13-/m0/s1. The monoisotopic (exact) mass is 435 g/mol. The van der Waals surface area contributed by atoms with Crippen LogP contribution in [0.1, 0.15) is 24.3 Å². The molecule has 9 heteroatoms. The molecular formula is C21H24F2N3O3P. The Bertz CT molecular complexity index is 930. The molecule has 0 bridgehead atoms. The van der Waals surface area contributed by atoms with Gasteiger partial charge in [-0.05, 0) is 29.9 Å². The summed E-state index contributed by atoms with van der Waals surface area (Å²) in [6.45, 7) is 2.27. The van der Waals surface area contributed by atoms with Crippen LogP contribution in [0.25, 0.3) is 0 Å². The number of rotatable bonds is 6. The van der Waals surface area contributed by atoms with Crippen molar-refractivity contribution in [2.24, 2.45) is 5.92 Å². The molecule has 2 aliphatic heterocycles. The van der Waals surface area contributed by atoms with Crippen LogP contribution in [0.3, 0.4) is 0 Å². The molecule has 0 saturated carbocycles. The minimum Gasteiger partial charge on any atom is -0.497 e. The lowest BCUT2D eigenvalue weighted by atomic mass is 9.97. The highest BCUT2D eigenvalue weighted by atomic mass is 31.0. The lowest BCUT2D eigenvalue weighted by Crippen LogP contribution is -2.27. The largest absolute Gasteiger partial charge is 0.497 e. The fraction of sp³-hybridized carbons (Fsp3) is 0.429. The second-order valence-electron chi connectivity index (χ2n) is 7.63. The van der Waals surface area contributed by atoms with Crippen molar-refractivity contribution in [3.63, 3.8) is 0 Å². The van der Waals surface area contributed by atoms with E-state index in [1.54, 1.807) is 12.1 Å².